The molecular formula is C14H22N2O2. The first-order valence-corrected chi connectivity index (χ1v) is 6.08. The first-order chi connectivity index (χ1) is 8.33. The van der Waals surface area contributed by atoms with E-state index in [1.54, 1.807) is 25.2 Å². The SMILES string of the molecule is CNC(=O)c1ccc(N)cc1OCCC(C)(C)C. The van der Waals surface area contributed by atoms with Gasteiger partial charge in [-0.05, 0) is 24.0 Å². The molecule has 1 aromatic rings. The first kappa shape index (κ1) is 14.4. The Balaban J connectivity index is 2.80. The lowest BCUT2D eigenvalue weighted by atomic mass is 9.93. The highest BCUT2D eigenvalue weighted by Crippen LogP contribution is 2.24. The van der Waals surface area contributed by atoms with Crippen molar-refractivity contribution in [2.45, 2.75) is 27.2 Å². The molecule has 0 aliphatic carbocycles. The van der Waals surface area contributed by atoms with Crippen LogP contribution in [-0.4, -0.2) is 19.6 Å². The van der Waals surface area contributed by atoms with Gasteiger partial charge in [-0.15, -0.1) is 0 Å². The number of benzene rings is 1. The van der Waals surface area contributed by atoms with Crippen LogP contribution in [-0.2, 0) is 0 Å². The monoisotopic (exact) mass is 250 g/mol. The summed E-state index contributed by atoms with van der Waals surface area (Å²) in [6.07, 6.45) is 0.912. The normalized spacial score (nSPS) is 11.1. The Morgan fingerprint density at radius 2 is 2.06 bits per heavy atom. The molecule has 4 nitrogen and oxygen atoms in total. The summed E-state index contributed by atoms with van der Waals surface area (Å²) in [6.45, 7) is 7.01. The van der Waals surface area contributed by atoms with E-state index >= 15 is 0 Å². The number of rotatable bonds is 4. The van der Waals surface area contributed by atoms with Gasteiger partial charge in [0.2, 0.25) is 0 Å². The number of amides is 1. The van der Waals surface area contributed by atoms with Crippen LogP contribution >= 0.6 is 0 Å². The lowest BCUT2D eigenvalue weighted by molar-refractivity contribution is 0.0958. The van der Waals surface area contributed by atoms with Crippen LogP contribution in [0.4, 0.5) is 5.69 Å². The number of hydrogen-bond acceptors (Lipinski definition) is 3. The van der Waals surface area contributed by atoms with Gasteiger partial charge < -0.3 is 15.8 Å². The predicted molar refractivity (Wildman–Crippen MR) is 73.8 cm³/mol. The third-order valence-electron chi connectivity index (χ3n) is 2.59. The van der Waals surface area contributed by atoms with Crippen LogP contribution in [0.3, 0.4) is 0 Å². The lowest BCUT2D eigenvalue weighted by Crippen LogP contribution is -2.19. The molecule has 100 valence electrons. The highest BCUT2D eigenvalue weighted by atomic mass is 16.5. The average molecular weight is 250 g/mol. The molecule has 0 unspecified atom stereocenters. The van der Waals surface area contributed by atoms with E-state index in [1.165, 1.54) is 0 Å². The molecule has 0 heterocycles. The van der Waals surface area contributed by atoms with Gasteiger partial charge in [0.25, 0.3) is 5.91 Å². The van der Waals surface area contributed by atoms with Crippen molar-refractivity contribution in [2.24, 2.45) is 5.41 Å². The Morgan fingerprint density at radius 3 is 2.61 bits per heavy atom. The second-order valence-corrected chi connectivity index (χ2v) is 5.49. The van der Waals surface area contributed by atoms with Crippen molar-refractivity contribution in [3.05, 3.63) is 23.8 Å². The Labute approximate surface area is 109 Å². The van der Waals surface area contributed by atoms with E-state index in [0.29, 0.717) is 23.6 Å². The Hall–Kier alpha value is -1.71. The molecule has 0 radical (unpaired) electrons. The van der Waals surface area contributed by atoms with Crippen LogP contribution in [0.25, 0.3) is 0 Å². The topological polar surface area (TPSA) is 64.4 Å². The molecule has 0 saturated heterocycles. The van der Waals surface area contributed by atoms with Crippen LogP contribution < -0.4 is 15.8 Å². The van der Waals surface area contributed by atoms with Crippen LogP contribution in [0.1, 0.15) is 37.6 Å². The van der Waals surface area contributed by atoms with Gasteiger partial charge in [-0.25, -0.2) is 0 Å². The third kappa shape index (κ3) is 4.28. The summed E-state index contributed by atoms with van der Waals surface area (Å²) < 4.78 is 5.68. The maximum atomic E-state index is 11.7. The summed E-state index contributed by atoms with van der Waals surface area (Å²) in [6, 6.07) is 5.06. The summed E-state index contributed by atoms with van der Waals surface area (Å²) in [5, 5.41) is 2.59. The maximum Gasteiger partial charge on any atom is 0.254 e. The van der Waals surface area contributed by atoms with Crippen molar-refractivity contribution in [3.63, 3.8) is 0 Å². The zero-order valence-corrected chi connectivity index (χ0v) is 11.5. The molecule has 0 bridgehead atoms. The predicted octanol–water partition coefficient (Wildman–Crippen LogP) is 2.44. The second kappa shape index (κ2) is 5.76. The van der Waals surface area contributed by atoms with E-state index in [9.17, 15) is 4.79 Å². The van der Waals surface area contributed by atoms with E-state index in [0.717, 1.165) is 6.42 Å². The van der Waals surface area contributed by atoms with Crippen molar-refractivity contribution in [3.8, 4) is 5.75 Å². The van der Waals surface area contributed by atoms with Gasteiger partial charge in [-0.1, -0.05) is 20.8 Å². The van der Waals surface area contributed by atoms with E-state index in [2.05, 4.69) is 26.1 Å². The second-order valence-electron chi connectivity index (χ2n) is 5.49. The Bertz CT molecular complexity index is 422. The van der Waals surface area contributed by atoms with E-state index in [-0.39, 0.29) is 11.3 Å². The molecule has 0 saturated carbocycles. The van der Waals surface area contributed by atoms with Gasteiger partial charge in [0.1, 0.15) is 5.75 Å². The molecular weight excluding hydrogens is 228 g/mol. The highest BCUT2D eigenvalue weighted by molar-refractivity contribution is 5.97. The summed E-state index contributed by atoms with van der Waals surface area (Å²) >= 11 is 0. The van der Waals surface area contributed by atoms with Gasteiger partial charge in [0.15, 0.2) is 0 Å². The molecule has 0 aliphatic heterocycles. The number of nitrogens with one attached hydrogen (secondary N) is 1. The Morgan fingerprint density at radius 1 is 1.39 bits per heavy atom. The zero-order valence-electron chi connectivity index (χ0n) is 11.5. The van der Waals surface area contributed by atoms with E-state index < -0.39 is 0 Å². The molecule has 1 rings (SSSR count). The minimum absolute atomic E-state index is 0.166. The van der Waals surface area contributed by atoms with Crippen molar-refractivity contribution in [2.75, 3.05) is 19.4 Å². The van der Waals surface area contributed by atoms with Crippen molar-refractivity contribution < 1.29 is 9.53 Å². The minimum Gasteiger partial charge on any atom is -0.493 e. The summed E-state index contributed by atoms with van der Waals surface area (Å²) in [5.41, 5.74) is 7.02. The van der Waals surface area contributed by atoms with Crippen molar-refractivity contribution >= 4 is 11.6 Å². The van der Waals surface area contributed by atoms with Crippen LogP contribution in [0.15, 0.2) is 18.2 Å². The van der Waals surface area contributed by atoms with Crippen LogP contribution in [0.2, 0.25) is 0 Å². The quantitative estimate of drug-likeness (QED) is 0.807. The molecule has 4 heteroatoms. The largest absolute Gasteiger partial charge is 0.493 e. The number of carbonyl (C=O) groups is 1. The Kier molecular flexibility index (Phi) is 4.59. The summed E-state index contributed by atoms with van der Waals surface area (Å²) in [5.74, 6) is 0.374. The van der Waals surface area contributed by atoms with E-state index in [4.69, 9.17) is 10.5 Å². The number of nitrogen functional groups attached to an aromatic ring is 1. The van der Waals surface area contributed by atoms with Gasteiger partial charge in [0.05, 0.1) is 12.2 Å². The van der Waals surface area contributed by atoms with Crippen molar-refractivity contribution in [1.29, 1.82) is 0 Å². The van der Waals surface area contributed by atoms with Gasteiger partial charge >= 0.3 is 0 Å². The first-order valence-electron chi connectivity index (χ1n) is 6.08. The van der Waals surface area contributed by atoms with Crippen LogP contribution in [0.5, 0.6) is 5.75 Å². The molecule has 0 atom stereocenters. The lowest BCUT2D eigenvalue weighted by Gasteiger charge is -2.19. The molecule has 0 spiro atoms. The smallest absolute Gasteiger partial charge is 0.254 e. The maximum absolute atomic E-state index is 11.7. The third-order valence-corrected chi connectivity index (χ3v) is 2.59. The summed E-state index contributed by atoms with van der Waals surface area (Å²) in [7, 11) is 1.59. The molecule has 18 heavy (non-hydrogen) atoms. The van der Waals surface area contributed by atoms with E-state index in [1.807, 2.05) is 0 Å². The van der Waals surface area contributed by atoms with Gasteiger partial charge in [0, 0.05) is 18.8 Å². The van der Waals surface area contributed by atoms with Crippen molar-refractivity contribution in [1.82, 2.24) is 5.32 Å². The summed E-state index contributed by atoms with van der Waals surface area (Å²) in [4.78, 5) is 11.7. The zero-order chi connectivity index (χ0) is 13.8. The number of nitrogens with two attached hydrogens (primary N) is 1. The fraction of sp³-hybridized carbons (Fsp3) is 0.500. The van der Waals surface area contributed by atoms with Gasteiger partial charge in [-0.2, -0.15) is 0 Å². The molecule has 1 aromatic carbocycles. The molecule has 3 N–H and O–H groups in total. The fourth-order valence-electron chi connectivity index (χ4n) is 1.45. The van der Waals surface area contributed by atoms with Crippen LogP contribution in [0, 0.1) is 5.41 Å². The molecule has 0 aromatic heterocycles. The average Bonchev–Trinajstić information content (AvgIpc) is 2.26. The standard InChI is InChI=1S/C14H22N2O2/c1-14(2,3)7-8-18-12-9-10(15)5-6-11(12)13(17)16-4/h5-6,9H,7-8,15H2,1-4H3,(H,16,17). The fourth-order valence-corrected chi connectivity index (χ4v) is 1.45. The molecule has 1 amide bonds. The number of hydrogen-bond donors (Lipinski definition) is 2. The minimum atomic E-state index is -0.166. The highest BCUT2D eigenvalue weighted by Gasteiger charge is 2.14. The number of carbonyl (C=O) groups excluding carboxylic acids is 1. The number of ether oxygens (including phenoxy) is 1. The molecule has 0 aliphatic rings. The molecule has 0 fully saturated rings. The van der Waals surface area contributed by atoms with Gasteiger partial charge in [-0.3, -0.25) is 4.79 Å². The number of anilines is 1.